The third-order valence-electron chi connectivity index (χ3n) is 3.76. The molecule has 3 rings (SSSR count). The molecule has 1 fully saturated rings. The molecule has 0 radical (unpaired) electrons. The summed E-state index contributed by atoms with van der Waals surface area (Å²) in [5.41, 5.74) is 0.851. The van der Waals surface area contributed by atoms with Crippen molar-refractivity contribution in [2.75, 3.05) is 25.2 Å². The fourth-order valence-corrected chi connectivity index (χ4v) is 3.70. The summed E-state index contributed by atoms with van der Waals surface area (Å²) in [4.78, 5) is 14.6. The van der Waals surface area contributed by atoms with Crippen molar-refractivity contribution in [2.45, 2.75) is 29.8 Å². The Morgan fingerprint density at radius 3 is 3.09 bits per heavy atom. The highest BCUT2D eigenvalue weighted by molar-refractivity contribution is 8.00. The zero-order valence-electron chi connectivity index (χ0n) is 13.3. The van der Waals surface area contributed by atoms with Crippen LogP contribution in [-0.2, 0) is 23.1 Å². The molecular formula is C14H20N6O2S. The largest absolute Gasteiger partial charge is 0.383 e. The number of ether oxygens (including phenoxy) is 1. The molecule has 2 aromatic heterocycles. The number of aromatic nitrogens is 5. The van der Waals surface area contributed by atoms with Crippen molar-refractivity contribution in [1.29, 1.82) is 0 Å². The van der Waals surface area contributed by atoms with Crippen molar-refractivity contribution in [3.05, 3.63) is 18.7 Å². The fraction of sp³-hybridized carbons (Fsp3) is 0.571. The fourth-order valence-electron chi connectivity index (χ4n) is 2.56. The zero-order chi connectivity index (χ0) is 16.2. The molecule has 1 atom stereocenters. The van der Waals surface area contributed by atoms with E-state index in [4.69, 9.17) is 4.74 Å². The lowest BCUT2D eigenvalue weighted by Gasteiger charge is -2.30. The molecule has 0 bridgehead atoms. The molecule has 0 saturated carbocycles. The summed E-state index contributed by atoms with van der Waals surface area (Å²) in [6, 6.07) is 0. The van der Waals surface area contributed by atoms with E-state index in [1.165, 1.54) is 11.8 Å². The van der Waals surface area contributed by atoms with Crippen LogP contribution in [0, 0.1) is 0 Å². The third kappa shape index (κ3) is 3.56. The summed E-state index contributed by atoms with van der Waals surface area (Å²) in [6.45, 7) is 2.00. The standard InChI is InChI=1S/C14H20N6O2S/c1-18-9-11(8-16-18)20-5-3-4-12(13(20)21)23-14-17-15-10-19(14)6-7-22-2/h8-10,12H,3-7H2,1-2H3/t12-/m0/s1. The second-order valence-electron chi connectivity index (χ2n) is 5.41. The van der Waals surface area contributed by atoms with Gasteiger partial charge in [0.25, 0.3) is 0 Å². The molecule has 23 heavy (non-hydrogen) atoms. The first-order valence-corrected chi connectivity index (χ1v) is 8.40. The van der Waals surface area contributed by atoms with Crippen LogP contribution in [0.3, 0.4) is 0 Å². The van der Waals surface area contributed by atoms with E-state index in [2.05, 4.69) is 15.3 Å². The average Bonchev–Trinajstić information content (AvgIpc) is 3.16. The minimum atomic E-state index is -0.144. The predicted octanol–water partition coefficient (Wildman–Crippen LogP) is 0.946. The molecule has 1 saturated heterocycles. The smallest absolute Gasteiger partial charge is 0.240 e. The molecule has 1 aliphatic heterocycles. The number of nitrogens with zero attached hydrogens (tertiary/aromatic N) is 6. The lowest BCUT2D eigenvalue weighted by Crippen LogP contribution is -2.43. The summed E-state index contributed by atoms with van der Waals surface area (Å²) in [7, 11) is 3.51. The molecule has 9 heteroatoms. The average molecular weight is 336 g/mol. The Hall–Kier alpha value is -1.87. The normalized spacial score (nSPS) is 18.6. The highest BCUT2D eigenvalue weighted by Crippen LogP contribution is 2.31. The van der Waals surface area contributed by atoms with Crippen LogP contribution in [0.5, 0.6) is 0 Å². The molecule has 1 aliphatic rings. The topological polar surface area (TPSA) is 78.1 Å². The number of thioether (sulfide) groups is 1. The van der Waals surface area contributed by atoms with Crippen LogP contribution in [0.4, 0.5) is 5.69 Å². The van der Waals surface area contributed by atoms with Gasteiger partial charge in [0, 0.05) is 33.4 Å². The second-order valence-corrected chi connectivity index (χ2v) is 6.58. The molecule has 0 aliphatic carbocycles. The Morgan fingerprint density at radius 2 is 2.35 bits per heavy atom. The number of piperidine rings is 1. The highest BCUT2D eigenvalue weighted by atomic mass is 32.2. The zero-order valence-corrected chi connectivity index (χ0v) is 14.1. The van der Waals surface area contributed by atoms with Crippen LogP contribution in [-0.4, -0.2) is 56.0 Å². The van der Waals surface area contributed by atoms with Crippen LogP contribution in [0.2, 0.25) is 0 Å². The monoisotopic (exact) mass is 336 g/mol. The number of aryl methyl sites for hydroxylation is 1. The molecular weight excluding hydrogens is 316 g/mol. The van der Waals surface area contributed by atoms with Gasteiger partial charge in [0.1, 0.15) is 6.33 Å². The van der Waals surface area contributed by atoms with Crippen molar-refractivity contribution in [2.24, 2.45) is 7.05 Å². The Bertz CT molecular complexity index is 670. The highest BCUT2D eigenvalue weighted by Gasteiger charge is 2.32. The third-order valence-corrected chi connectivity index (χ3v) is 5.01. The molecule has 2 aromatic rings. The Morgan fingerprint density at radius 1 is 1.48 bits per heavy atom. The van der Waals surface area contributed by atoms with Gasteiger partial charge in [-0.1, -0.05) is 11.8 Å². The lowest BCUT2D eigenvalue weighted by molar-refractivity contribution is -0.119. The van der Waals surface area contributed by atoms with E-state index < -0.39 is 0 Å². The van der Waals surface area contributed by atoms with E-state index in [1.807, 2.05) is 22.7 Å². The lowest BCUT2D eigenvalue weighted by atomic mass is 10.1. The van der Waals surface area contributed by atoms with E-state index in [9.17, 15) is 4.79 Å². The first-order valence-electron chi connectivity index (χ1n) is 7.52. The minimum Gasteiger partial charge on any atom is -0.383 e. The van der Waals surface area contributed by atoms with Gasteiger partial charge in [-0.15, -0.1) is 10.2 Å². The summed E-state index contributed by atoms with van der Waals surface area (Å²) < 4.78 is 8.72. The Kier molecular flexibility index (Phi) is 4.97. The van der Waals surface area contributed by atoms with Gasteiger partial charge in [-0.25, -0.2) is 0 Å². The first kappa shape index (κ1) is 16.0. The molecule has 0 aromatic carbocycles. The molecule has 0 unspecified atom stereocenters. The van der Waals surface area contributed by atoms with E-state index >= 15 is 0 Å². The van der Waals surface area contributed by atoms with E-state index in [1.54, 1.807) is 24.3 Å². The number of methoxy groups -OCH3 is 1. The minimum absolute atomic E-state index is 0.107. The first-order chi connectivity index (χ1) is 11.2. The number of rotatable bonds is 6. The van der Waals surface area contributed by atoms with Crippen molar-refractivity contribution in [3.63, 3.8) is 0 Å². The van der Waals surface area contributed by atoms with E-state index in [0.29, 0.717) is 13.2 Å². The second kappa shape index (κ2) is 7.14. The summed E-state index contributed by atoms with van der Waals surface area (Å²) in [5.74, 6) is 0.107. The van der Waals surface area contributed by atoms with Gasteiger partial charge in [-0.2, -0.15) is 5.10 Å². The maximum absolute atomic E-state index is 12.8. The predicted molar refractivity (Wildman–Crippen MR) is 86.3 cm³/mol. The number of hydrogen-bond donors (Lipinski definition) is 0. The van der Waals surface area contributed by atoms with Gasteiger partial charge in [-0.05, 0) is 12.8 Å². The van der Waals surface area contributed by atoms with Gasteiger partial charge in [0.05, 0.1) is 23.7 Å². The van der Waals surface area contributed by atoms with Crippen LogP contribution >= 0.6 is 11.8 Å². The van der Waals surface area contributed by atoms with Crippen molar-refractivity contribution >= 4 is 23.4 Å². The SMILES string of the molecule is COCCn1cnnc1S[C@H]1CCCN(c2cnn(C)c2)C1=O. The molecule has 1 amide bonds. The van der Waals surface area contributed by atoms with Crippen LogP contribution in [0.15, 0.2) is 23.9 Å². The molecule has 8 nitrogen and oxygen atoms in total. The van der Waals surface area contributed by atoms with Gasteiger partial charge >= 0.3 is 0 Å². The molecule has 0 spiro atoms. The molecule has 3 heterocycles. The summed E-state index contributed by atoms with van der Waals surface area (Å²) in [6.07, 6.45) is 7.08. The van der Waals surface area contributed by atoms with Crippen molar-refractivity contribution in [1.82, 2.24) is 24.5 Å². The maximum atomic E-state index is 12.8. The number of anilines is 1. The quantitative estimate of drug-likeness (QED) is 0.781. The molecule has 0 N–H and O–H groups in total. The van der Waals surface area contributed by atoms with Gasteiger partial charge in [-0.3, -0.25) is 9.48 Å². The van der Waals surface area contributed by atoms with Crippen LogP contribution < -0.4 is 4.90 Å². The van der Waals surface area contributed by atoms with Crippen LogP contribution in [0.25, 0.3) is 0 Å². The number of amides is 1. The summed E-state index contributed by atoms with van der Waals surface area (Å²) >= 11 is 1.48. The van der Waals surface area contributed by atoms with Crippen LogP contribution in [0.1, 0.15) is 12.8 Å². The van der Waals surface area contributed by atoms with Gasteiger partial charge in [0.2, 0.25) is 5.91 Å². The number of hydrogen-bond acceptors (Lipinski definition) is 6. The van der Waals surface area contributed by atoms with E-state index in [0.717, 1.165) is 30.2 Å². The van der Waals surface area contributed by atoms with Gasteiger partial charge in [0.15, 0.2) is 5.16 Å². The van der Waals surface area contributed by atoms with Gasteiger partial charge < -0.3 is 14.2 Å². The maximum Gasteiger partial charge on any atom is 0.240 e. The van der Waals surface area contributed by atoms with Crippen molar-refractivity contribution < 1.29 is 9.53 Å². The Balaban J connectivity index is 1.70. The molecule has 124 valence electrons. The Labute approximate surface area is 138 Å². The number of carbonyl (C=O) groups excluding carboxylic acids is 1. The number of carbonyl (C=O) groups is 1. The van der Waals surface area contributed by atoms with E-state index in [-0.39, 0.29) is 11.2 Å². The summed E-state index contributed by atoms with van der Waals surface area (Å²) in [5, 5.41) is 12.8. The van der Waals surface area contributed by atoms with Crippen molar-refractivity contribution in [3.8, 4) is 0 Å².